The summed E-state index contributed by atoms with van der Waals surface area (Å²) in [5.41, 5.74) is 1.17. The van der Waals surface area contributed by atoms with Crippen molar-refractivity contribution in [1.29, 1.82) is 0 Å². The van der Waals surface area contributed by atoms with Gasteiger partial charge in [0.2, 0.25) is 5.91 Å². The Morgan fingerprint density at radius 3 is 3.00 bits per heavy atom. The lowest BCUT2D eigenvalue weighted by atomic mass is 10.1. The number of nitrogens with zero attached hydrogens (tertiary/aromatic N) is 2. The fourth-order valence-corrected chi connectivity index (χ4v) is 2.61. The molecule has 1 saturated heterocycles. The number of nitrogens with one attached hydrogen (secondary N) is 3. The van der Waals surface area contributed by atoms with E-state index in [-0.39, 0.29) is 11.8 Å². The van der Waals surface area contributed by atoms with E-state index in [1.54, 1.807) is 11.9 Å². The minimum atomic E-state index is -0.508. The van der Waals surface area contributed by atoms with Crippen molar-refractivity contribution in [2.45, 2.75) is 6.04 Å². The quantitative estimate of drug-likeness (QED) is 0.709. The Morgan fingerprint density at radius 2 is 2.19 bits per heavy atom. The molecular weight excluding hydrogens is 270 g/mol. The molecule has 2 aromatic rings. The molecule has 7 nitrogen and oxygen atoms in total. The lowest BCUT2D eigenvalue weighted by Gasteiger charge is -2.34. The number of benzene rings is 1. The van der Waals surface area contributed by atoms with Crippen LogP contribution in [0.25, 0.3) is 10.9 Å². The third-order valence-electron chi connectivity index (χ3n) is 3.73. The number of aromatic amines is 1. The van der Waals surface area contributed by atoms with Crippen LogP contribution in [0.2, 0.25) is 0 Å². The van der Waals surface area contributed by atoms with Gasteiger partial charge in [0.15, 0.2) is 5.69 Å². The Balaban J connectivity index is 1.94. The highest BCUT2D eigenvalue weighted by molar-refractivity contribution is 6.06. The molecule has 2 heterocycles. The Labute approximate surface area is 121 Å². The maximum atomic E-state index is 12.7. The van der Waals surface area contributed by atoms with Gasteiger partial charge in [0.25, 0.3) is 5.91 Å². The van der Waals surface area contributed by atoms with Gasteiger partial charge >= 0.3 is 0 Å². The number of fused-ring (bicyclic) bond motifs is 1. The van der Waals surface area contributed by atoms with Gasteiger partial charge in [-0.15, -0.1) is 0 Å². The summed E-state index contributed by atoms with van der Waals surface area (Å²) in [5, 5.41) is 13.5. The van der Waals surface area contributed by atoms with Gasteiger partial charge in [-0.2, -0.15) is 5.10 Å². The summed E-state index contributed by atoms with van der Waals surface area (Å²) in [6, 6.07) is 6.96. The first kappa shape index (κ1) is 13.6. The summed E-state index contributed by atoms with van der Waals surface area (Å²) in [6.07, 6.45) is 0. The fraction of sp³-hybridized carbons (Fsp3) is 0.357. The second-order valence-electron chi connectivity index (χ2n) is 4.95. The summed E-state index contributed by atoms with van der Waals surface area (Å²) < 4.78 is 0. The molecule has 1 aliphatic rings. The lowest BCUT2D eigenvalue weighted by Crippen LogP contribution is -2.59. The van der Waals surface area contributed by atoms with E-state index in [9.17, 15) is 9.59 Å². The first-order valence-electron chi connectivity index (χ1n) is 6.88. The summed E-state index contributed by atoms with van der Waals surface area (Å²) >= 11 is 0. The number of para-hydroxylation sites is 1. The largest absolute Gasteiger partial charge is 0.357 e. The standard InChI is InChI=1S/C14H17N5O2/c1-15-13(20)11-8-16-6-7-19(11)14(21)12-9-4-2-3-5-10(9)17-18-12/h2-5,11,16H,6-8H2,1H3,(H,15,20)(H,17,18). The van der Waals surface area contributed by atoms with Crippen LogP contribution in [0.4, 0.5) is 0 Å². The Kier molecular flexibility index (Phi) is 3.57. The molecule has 7 heteroatoms. The van der Waals surface area contributed by atoms with E-state index in [0.717, 1.165) is 10.9 Å². The van der Waals surface area contributed by atoms with E-state index in [1.807, 2.05) is 24.3 Å². The zero-order valence-corrected chi connectivity index (χ0v) is 11.7. The molecule has 2 amide bonds. The molecule has 0 spiro atoms. The van der Waals surface area contributed by atoms with E-state index in [2.05, 4.69) is 20.8 Å². The molecule has 1 aromatic heterocycles. The van der Waals surface area contributed by atoms with Gasteiger partial charge in [0.1, 0.15) is 6.04 Å². The van der Waals surface area contributed by atoms with E-state index < -0.39 is 6.04 Å². The second-order valence-corrected chi connectivity index (χ2v) is 4.95. The summed E-state index contributed by atoms with van der Waals surface area (Å²) in [5.74, 6) is -0.391. The number of amides is 2. The van der Waals surface area contributed by atoms with E-state index in [1.165, 1.54) is 0 Å². The Hall–Kier alpha value is -2.41. The molecule has 1 atom stereocenters. The van der Waals surface area contributed by atoms with Crippen molar-refractivity contribution in [3.05, 3.63) is 30.0 Å². The lowest BCUT2D eigenvalue weighted by molar-refractivity contribution is -0.125. The Morgan fingerprint density at radius 1 is 1.38 bits per heavy atom. The third kappa shape index (κ3) is 2.36. The van der Waals surface area contributed by atoms with Crippen LogP contribution in [0.5, 0.6) is 0 Å². The maximum Gasteiger partial charge on any atom is 0.275 e. The van der Waals surface area contributed by atoms with Gasteiger partial charge in [-0.05, 0) is 6.07 Å². The highest BCUT2D eigenvalue weighted by Gasteiger charge is 2.33. The number of H-pyrrole nitrogens is 1. The van der Waals surface area contributed by atoms with Crippen LogP contribution in [0, 0.1) is 0 Å². The average Bonchev–Trinajstić information content (AvgIpc) is 2.97. The van der Waals surface area contributed by atoms with Crippen LogP contribution in [0.1, 0.15) is 10.5 Å². The zero-order chi connectivity index (χ0) is 14.8. The molecular formula is C14H17N5O2. The molecule has 0 saturated carbocycles. The van der Waals surface area contributed by atoms with E-state index in [0.29, 0.717) is 25.3 Å². The second kappa shape index (κ2) is 5.53. The molecule has 0 radical (unpaired) electrons. The average molecular weight is 287 g/mol. The molecule has 1 aromatic carbocycles. The van der Waals surface area contributed by atoms with Crippen LogP contribution in [-0.2, 0) is 4.79 Å². The molecule has 110 valence electrons. The van der Waals surface area contributed by atoms with Gasteiger partial charge in [-0.1, -0.05) is 18.2 Å². The number of carbonyl (C=O) groups is 2. The number of hydrogen-bond acceptors (Lipinski definition) is 4. The fourth-order valence-electron chi connectivity index (χ4n) is 2.61. The third-order valence-corrected chi connectivity index (χ3v) is 3.73. The normalized spacial score (nSPS) is 18.7. The van der Waals surface area contributed by atoms with Crippen LogP contribution >= 0.6 is 0 Å². The number of carbonyl (C=O) groups excluding carboxylic acids is 2. The van der Waals surface area contributed by atoms with Crippen LogP contribution in [-0.4, -0.2) is 59.6 Å². The minimum Gasteiger partial charge on any atom is -0.357 e. The molecule has 0 bridgehead atoms. The molecule has 3 rings (SSSR count). The van der Waals surface area contributed by atoms with Gasteiger partial charge in [0.05, 0.1) is 5.52 Å². The molecule has 1 unspecified atom stereocenters. The highest BCUT2D eigenvalue weighted by atomic mass is 16.2. The summed E-state index contributed by atoms with van der Waals surface area (Å²) in [6.45, 7) is 1.60. The van der Waals surface area contributed by atoms with Gasteiger partial charge in [-0.25, -0.2) is 0 Å². The van der Waals surface area contributed by atoms with Crippen molar-refractivity contribution in [2.24, 2.45) is 0 Å². The Bertz CT molecular complexity index is 681. The number of hydrogen-bond donors (Lipinski definition) is 3. The molecule has 1 aliphatic heterocycles. The van der Waals surface area contributed by atoms with Crippen molar-refractivity contribution in [2.75, 3.05) is 26.7 Å². The summed E-state index contributed by atoms with van der Waals surface area (Å²) in [7, 11) is 1.57. The minimum absolute atomic E-state index is 0.171. The number of rotatable bonds is 2. The van der Waals surface area contributed by atoms with Gasteiger partial charge in [-0.3, -0.25) is 14.7 Å². The van der Waals surface area contributed by atoms with Gasteiger partial charge < -0.3 is 15.5 Å². The zero-order valence-electron chi connectivity index (χ0n) is 11.7. The summed E-state index contributed by atoms with van der Waals surface area (Å²) in [4.78, 5) is 26.3. The molecule has 1 fully saturated rings. The van der Waals surface area contributed by atoms with Crippen molar-refractivity contribution in [3.63, 3.8) is 0 Å². The predicted molar refractivity (Wildman–Crippen MR) is 77.9 cm³/mol. The van der Waals surface area contributed by atoms with Crippen molar-refractivity contribution in [3.8, 4) is 0 Å². The molecule has 21 heavy (non-hydrogen) atoms. The van der Waals surface area contributed by atoms with Crippen LogP contribution in [0.3, 0.4) is 0 Å². The first-order chi connectivity index (χ1) is 10.2. The van der Waals surface area contributed by atoms with Gasteiger partial charge in [0, 0.05) is 32.1 Å². The van der Waals surface area contributed by atoms with E-state index >= 15 is 0 Å². The number of aromatic nitrogens is 2. The molecule has 3 N–H and O–H groups in total. The molecule has 0 aliphatic carbocycles. The highest BCUT2D eigenvalue weighted by Crippen LogP contribution is 2.18. The smallest absolute Gasteiger partial charge is 0.275 e. The van der Waals surface area contributed by atoms with Crippen LogP contribution < -0.4 is 10.6 Å². The first-order valence-corrected chi connectivity index (χ1v) is 6.88. The topological polar surface area (TPSA) is 90.1 Å². The van der Waals surface area contributed by atoms with Crippen molar-refractivity contribution < 1.29 is 9.59 Å². The van der Waals surface area contributed by atoms with E-state index in [4.69, 9.17) is 0 Å². The monoisotopic (exact) mass is 287 g/mol. The van der Waals surface area contributed by atoms with Crippen molar-refractivity contribution in [1.82, 2.24) is 25.7 Å². The van der Waals surface area contributed by atoms with Crippen LogP contribution in [0.15, 0.2) is 24.3 Å². The maximum absolute atomic E-state index is 12.7. The number of likely N-dealkylation sites (N-methyl/N-ethyl adjacent to an activating group) is 1. The van der Waals surface area contributed by atoms with Crippen molar-refractivity contribution >= 4 is 22.7 Å². The SMILES string of the molecule is CNC(=O)C1CNCCN1C(=O)c1n[nH]c2ccccc12. The predicted octanol–water partition coefficient (Wildman–Crippen LogP) is -0.277. The number of piperazine rings is 1.